The molecule has 1 saturated carbocycles. The van der Waals surface area contributed by atoms with Crippen molar-refractivity contribution in [3.05, 3.63) is 46.5 Å². The molecule has 1 fully saturated rings. The monoisotopic (exact) mass is 500 g/mol. The number of hydrogen-bond acceptors (Lipinski definition) is 4. The number of rotatable bonds is 9. The molecule has 0 radical (unpaired) electrons. The maximum atomic E-state index is 13.3. The van der Waals surface area contributed by atoms with Crippen LogP contribution in [-0.2, 0) is 4.79 Å². The van der Waals surface area contributed by atoms with E-state index < -0.39 is 6.04 Å². The van der Waals surface area contributed by atoms with Crippen LogP contribution in [0.15, 0.2) is 30.3 Å². The van der Waals surface area contributed by atoms with Gasteiger partial charge in [0.2, 0.25) is 5.91 Å². The number of methoxy groups -OCH3 is 1. The third kappa shape index (κ3) is 6.91. The Morgan fingerprint density at radius 1 is 1.09 bits per heavy atom. The van der Waals surface area contributed by atoms with Crippen LogP contribution in [0.3, 0.4) is 0 Å². The lowest BCUT2D eigenvalue weighted by atomic mass is 9.84. The van der Waals surface area contributed by atoms with E-state index in [2.05, 4.69) is 10.6 Å². The zero-order chi connectivity index (χ0) is 25.5. The van der Waals surface area contributed by atoms with Gasteiger partial charge in [0.05, 0.1) is 18.8 Å². The average Bonchev–Trinajstić information content (AvgIpc) is 2.84. The Kier molecular flexibility index (Phi) is 9.44. The summed E-state index contributed by atoms with van der Waals surface area (Å²) in [5.41, 5.74) is 2.92. The number of hydrogen-bond donors (Lipinski definition) is 2. The quantitative estimate of drug-likeness (QED) is 0.447. The molecule has 0 saturated heterocycles. The molecule has 3 rings (SSSR count). The third-order valence-corrected chi connectivity index (χ3v) is 6.87. The van der Waals surface area contributed by atoms with Gasteiger partial charge in [-0.1, -0.05) is 55.8 Å². The van der Waals surface area contributed by atoms with Crippen LogP contribution in [0.1, 0.15) is 68.3 Å². The number of likely N-dealkylation sites (N-methyl/N-ethyl adjacent to an activating group) is 1. The van der Waals surface area contributed by atoms with E-state index >= 15 is 0 Å². The van der Waals surface area contributed by atoms with Crippen molar-refractivity contribution >= 4 is 23.4 Å². The van der Waals surface area contributed by atoms with Gasteiger partial charge in [-0.05, 0) is 62.4 Å². The predicted octanol–water partition coefficient (Wildman–Crippen LogP) is 5.93. The molecule has 1 atom stereocenters. The largest absolute Gasteiger partial charge is 0.496 e. The molecule has 2 N–H and O–H groups in total. The Morgan fingerprint density at radius 3 is 2.43 bits per heavy atom. The van der Waals surface area contributed by atoms with Crippen molar-refractivity contribution in [1.29, 1.82) is 0 Å². The first-order chi connectivity index (χ1) is 16.7. The summed E-state index contributed by atoms with van der Waals surface area (Å²) in [5.74, 6) is 1.03. The Hall–Kier alpha value is -2.73. The Labute approximate surface area is 213 Å². The van der Waals surface area contributed by atoms with Crippen LogP contribution in [-0.4, -0.2) is 38.1 Å². The van der Waals surface area contributed by atoms with Crippen molar-refractivity contribution in [3.8, 4) is 22.6 Å². The summed E-state index contributed by atoms with van der Waals surface area (Å²) in [6, 6.07) is 8.66. The van der Waals surface area contributed by atoms with Crippen LogP contribution < -0.4 is 20.1 Å². The normalized spacial score (nSPS) is 14.9. The molecule has 2 amide bonds. The fraction of sp³-hybridized carbons (Fsp3) is 0.500. The van der Waals surface area contributed by atoms with Gasteiger partial charge < -0.3 is 20.1 Å². The molecular formula is C28H37ClN2O4. The molecule has 2 aromatic rings. The molecule has 35 heavy (non-hydrogen) atoms. The van der Waals surface area contributed by atoms with E-state index in [1.807, 2.05) is 39.0 Å². The molecule has 0 heterocycles. The second kappa shape index (κ2) is 12.3. The van der Waals surface area contributed by atoms with E-state index in [1.54, 1.807) is 19.2 Å². The summed E-state index contributed by atoms with van der Waals surface area (Å²) < 4.78 is 11.5. The molecule has 0 unspecified atom stereocenters. The van der Waals surface area contributed by atoms with Gasteiger partial charge >= 0.3 is 0 Å². The molecule has 190 valence electrons. The number of nitrogens with one attached hydrogen (secondary N) is 2. The van der Waals surface area contributed by atoms with Gasteiger partial charge in [0.1, 0.15) is 17.5 Å². The molecule has 6 nitrogen and oxygen atoms in total. The van der Waals surface area contributed by atoms with Crippen LogP contribution in [0.4, 0.5) is 0 Å². The first kappa shape index (κ1) is 26.9. The summed E-state index contributed by atoms with van der Waals surface area (Å²) >= 11 is 6.66. The van der Waals surface area contributed by atoms with E-state index in [4.69, 9.17) is 21.1 Å². The van der Waals surface area contributed by atoms with Gasteiger partial charge in [0.25, 0.3) is 5.91 Å². The van der Waals surface area contributed by atoms with Crippen LogP contribution in [0.25, 0.3) is 11.1 Å². The van der Waals surface area contributed by atoms with Crippen LogP contribution in [0.2, 0.25) is 5.02 Å². The fourth-order valence-electron chi connectivity index (χ4n) is 4.67. The van der Waals surface area contributed by atoms with Gasteiger partial charge in [0, 0.05) is 17.6 Å². The lowest BCUT2D eigenvalue weighted by molar-refractivity contribution is -0.123. The first-order valence-electron chi connectivity index (χ1n) is 12.4. The number of halogens is 1. The van der Waals surface area contributed by atoms with Gasteiger partial charge in [-0.2, -0.15) is 0 Å². The molecule has 2 aromatic carbocycles. The predicted molar refractivity (Wildman–Crippen MR) is 140 cm³/mol. The highest BCUT2D eigenvalue weighted by molar-refractivity contribution is 6.34. The summed E-state index contributed by atoms with van der Waals surface area (Å²) in [6.07, 6.45) is 6.43. The molecule has 0 bridgehead atoms. The van der Waals surface area contributed by atoms with Crippen LogP contribution >= 0.6 is 11.6 Å². The van der Waals surface area contributed by atoms with E-state index in [0.717, 1.165) is 35.3 Å². The highest BCUT2D eigenvalue weighted by Crippen LogP contribution is 2.37. The van der Waals surface area contributed by atoms with Gasteiger partial charge in [-0.25, -0.2) is 0 Å². The molecule has 0 spiro atoms. The van der Waals surface area contributed by atoms with Crippen molar-refractivity contribution in [1.82, 2.24) is 10.6 Å². The second-order valence-corrected chi connectivity index (χ2v) is 9.97. The number of carbonyl (C=O) groups excluding carboxylic acids is 2. The fourth-order valence-corrected chi connectivity index (χ4v) is 4.94. The highest BCUT2D eigenvalue weighted by Gasteiger charge is 2.27. The van der Waals surface area contributed by atoms with Gasteiger partial charge in [-0.3, -0.25) is 9.59 Å². The molecule has 1 aliphatic rings. The number of ether oxygens (including phenoxy) is 2. The zero-order valence-corrected chi connectivity index (χ0v) is 22.1. The van der Waals surface area contributed by atoms with Crippen molar-refractivity contribution in [2.75, 3.05) is 14.2 Å². The SMILES string of the molecule is CNC(=O)[C@H](CC1CCCCC1)NC(=O)c1cc(Cl)c(-c2ccc(C)c(OC(C)C)c2)cc1OC. The van der Waals surface area contributed by atoms with Gasteiger partial charge in [0.15, 0.2) is 0 Å². The van der Waals surface area contributed by atoms with Crippen molar-refractivity contribution < 1.29 is 19.1 Å². The van der Waals surface area contributed by atoms with Crippen molar-refractivity contribution in [2.45, 2.75) is 71.4 Å². The number of aryl methyl sites for hydroxylation is 1. The van der Waals surface area contributed by atoms with E-state index in [9.17, 15) is 9.59 Å². The highest BCUT2D eigenvalue weighted by atomic mass is 35.5. The van der Waals surface area contributed by atoms with Crippen molar-refractivity contribution in [2.24, 2.45) is 5.92 Å². The molecule has 0 aromatic heterocycles. The van der Waals surface area contributed by atoms with Gasteiger partial charge in [-0.15, -0.1) is 0 Å². The maximum Gasteiger partial charge on any atom is 0.255 e. The second-order valence-electron chi connectivity index (χ2n) is 9.56. The summed E-state index contributed by atoms with van der Waals surface area (Å²) in [6.45, 7) is 5.96. The van der Waals surface area contributed by atoms with Crippen LogP contribution in [0.5, 0.6) is 11.5 Å². The lowest BCUT2D eigenvalue weighted by Crippen LogP contribution is -2.47. The maximum absolute atomic E-state index is 13.3. The lowest BCUT2D eigenvalue weighted by Gasteiger charge is -2.26. The standard InChI is InChI=1S/C28H37ClN2O4/c1-17(2)35-25-14-20(12-11-18(25)3)21-16-26(34-5)22(15-23(21)29)27(32)31-24(28(33)30-4)13-19-9-7-6-8-10-19/h11-12,14-17,19,24H,6-10,13H2,1-5H3,(H,30,33)(H,31,32)/t24-/m0/s1. The average molecular weight is 501 g/mol. The third-order valence-electron chi connectivity index (χ3n) is 6.56. The zero-order valence-electron chi connectivity index (χ0n) is 21.4. The minimum atomic E-state index is -0.605. The van der Waals surface area contributed by atoms with E-state index in [1.165, 1.54) is 26.4 Å². The van der Waals surface area contributed by atoms with Crippen molar-refractivity contribution in [3.63, 3.8) is 0 Å². The molecule has 0 aliphatic heterocycles. The Balaban J connectivity index is 1.87. The number of benzene rings is 2. The number of carbonyl (C=O) groups is 2. The first-order valence-corrected chi connectivity index (χ1v) is 12.8. The molecule has 7 heteroatoms. The minimum absolute atomic E-state index is 0.0434. The Bertz CT molecular complexity index is 1050. The molecular weight excluding hydrogens is 464 g/mol. The topological polar surface area (TPSA) is 76.7 Å². The summed E-state index contributed by atoms with van der Waals surface area (Å²) in [4.78, 5) is 25.8. The summed E-state index contributed by atoms with van der Waals surface area (Å²) in [7, 11) is 3.11. The molecule has 1 aliphatic carbocycles. The Morgan fingerprint density at radius 2 is 1.80 bits per heavy atom. The summed E-state index contributed by atoms with van der Waals surface area (Å²) in [5, 5.41) is 6.02. The number of amides is 2. The van der Waals surface area contributed by atoms with E-state index in [0.29, 0.717) is 28.7 Å². The van der Waals surface area contributed by atoms with Crippen LogP contribution in [0, 0.1) is 12.8 Å². The smallest absolute Gasteiger partial charge is 0.255 e. The minimum Gasteiger partial charge on any atom is -0.496 e. The van der Waals surface area contributed by atoms with E-state index in [-0.39, 0.29) is 17.9 Å².